The summed E-state index contributed by atoms with van der Waals surface area (Å²) in [6.45, 7) is 11.7. The number of nitriles is 2. The SMILES string of the molecule is C=C(C)C(=O)OCCN(CCOC(=O)C(=C)C)c1ccc(N=Nc2c(C#N)cc([N+](=O)[O-])cc2C#N)c(NC(C)=O)c1. The molecule has 14 nitrogen and oxygen atoms in total. The number of benzene rings is 2. The highest BCUT2D eigenvalue weighted by molar-refractivity contribution is 5.93. The Hall–Kier alpha value is -5.89. The van der Waals surface area contributed by atoms with Gasteiger partial charge in [0.05, 0.1) is 34.8 Å². The van der Waals surface area contributed by atoms with E-state index in [4.69, 9.17) is 9.47 Å². The highest BCUT2D eigenvalue weighted by Gasteiger charge is 2.18. The summed E-state index contributed by atoms with van der Waals surface area (Å²) in [6, 6.07) is 10.2. The van der Waals surface area contributed by atoms with Gasteiger partial charge in [-0.05, 0) is 32.0 Å². The minimum absolute atomic E-state index is 0.0227. The number of ether oxygens (including phenoxy) is 2. The summed E-state index contributed by atoms with van der Waals surface area (Å²) in [5.74, 6) is -1.58. The average Bonchev–Trinajstić information content (AvgIpc) is 2.94. The number of hydrogen-bond donors (Lipinski definition) is 1. The second-order valence-corrected chi connectivity index (χ2v) is 8.77. The van der Waals surface area contributed by atoms with Gasteiger partial charge in [-0.1, -0.05) is 13.2 Å². The van der Waals surface area contributed by atoms with E-state index in [1.54, 1.807) is 29.2 Å². The zero-order valence-corrected chi connectivity index (χ0v) is 23.2. The Morgan fingerprint density at radius 3 is 1.90 bits per heavy atom. The number of rotatable bonds is 13. The van der Waals surface area contributed by atoms with Crippen molar-refractivity contribution in [2.24, 2.45) is 10.2 Å². The maximum absolute atomic E-state index is 12.0. The van der Waals surface area contributed by atoms with E-state index in [9.17, 15) is 35.0 Å². The number of hydrogen-bond acceptors (Lipinski definition) is 12. The molecule has 0 aliphatic carbocycles. The summed E-state index contributed by atoms with van der Waals surface area (Å²) in [5.41, 5.74) is 0.230. The molecule has 0 saturated heterocycles. The monoisotopic (exact) mass is 573 g/mol. The lowest BCUT2D eigenvalue weighted by Gasteiger charge is -2.25. The van der Waals surface area contributed by atoms with Crippen molar-refractivity contribution in [3.05, 3.63) is 75.9 Å². The lowest BCUT2D eigenvalue weighted by molar-refractivity contribution is -0.384. The molecule has 2 aromatic carbocycles. The van der Waals surface area contributed by atoms with Crippen LogP contribution in [-0.4, -0.2) is 49.1 Å². The van der Waals surface area contributed by atoms with Gasteiger partial charge in [0.2, 0.25) is 5.91 Å². The molecule has 0 aliphatic rings. The molecule has 0 spiro atoms. The Bertz CT molecular complexity index is 1480. The van der Waals surface area contributed by atoms with Crippen molar-refractivity contribution >= 4 is 46.3 Å². The first kappa shape index (κ1) is 32.3. The van der Waals surface area contributed by atoms with Crippen LogP contribution in [0.3, 0.4) is 0 Å². The maximum Gasteiger partial charge on any atom is 0.333 e. The van der Waals surface area contributed by atoms with Gasteiger partial charge in [-0.3, -0.25) is 14.9 Å². The minimum Gasteiger partial charge on any atom is -0.460 e. The fourth-order valence-electron chi connectivity index (χ4n) is 3.32. The van der Waals surface area contributed by atoms with Crippen LogP contribution in [0.15, 0.2) is 64.9 Å². The van der Waals surface area contributed by atoms with E-state index in [1.807, 2.05) is 0 Å². The number of carbonyl (C=O) groups is 3. The molecule has 0 fully saturated rings. The van der Waals surface area contributed by atoms with Crippen LogP contribution < -0.4 is 10.2 Å². The average molecular weight is 574 g/mol. The highest BCUT2D eigenvalue weighted by Crippen LogP contribution is 2.34. The normalized spacial score (nSPS) is 10.2. The molecule has 0 saturated carbocycles. The van der Waals surface area contributed by atoms with Crippen LogP contribution in [0, 0.1) is 32.8 Å². The zero-order chi connectivity index (χ0) is 31.4. The van der Waals surface area contributed by atoms with Gasteiger partial charge in [-0.15, -0.1) is 10.2 Å². The predicted octanol–water partition coefficient (Wildman–Crippen LogP) is 4.76. The van der Waals surface area contributed by atoms with Crippen LogP contribution >= 0.6 is 0 Å². The van der Waals surface area contributed by atoms with E-state index in [2.05, 4.69) is 28.7 Å². The standard InChI is InChI=1S/C28H27N7O7/c1-17(2)27(37)41-10-8-34(9-11-42-28(38)18(3)4)22-6-7-24(25(14-22)31-19(5)36)32-33-26-20(15-29)12-23(35(39)40)13-21(26)16-30/h6-7,12-14H,1,3,8-11H2,2,4-5H3,(H,31,36). The third-order valence-electron chi connectivity index (χ3n) is 5.35. The van der Waals surface area contributed by atoms with E-state index >= 15 is 0 Å². The molecular formula is C28H27N7O7. The van der Waals surface area contributed by atoms with E-state index in [0.717, 1.165) is 12.1 Å². The molecule has 0 atom stereocenters. The topological polar surface area (TPSA) is 200 Å². The van der Waals surface area contributed by atoms with Gasteiger partial charge in [0.25, 0.3) is 5.69 Å². The maximum atomic E-state index is 12.0. The molecule has 0 aliphatic heterocycles. The van der Waals surface area contributed by atoms with Gasteiger partial charge in [0, 0.05) is 35.9 Å². The van der Waals surface area contributed by atoms with Gasteiger partial charge in [0.1, 0.15) is 36.7 Å². The van der Waals surface area contributed by atoms with E-state index in [0.29, 0.717) is 5.69 Å². The third kappa shape index (κ3) is 9.10. The molecule has 216 valence electrons. The number of nitrogens with zero attached hydrogens (tertiary/aromatic N) is 6. The molecule has 2 rings (SSSR count). The number of carbonyl (C=O) groups excluding carboxylic acids is 3. The Labute approximate surface area is 241 Å². The number of nitro groups is 1. The summed E-state index contributed by atoms with van der Waals surface area (Å²) in [5, 5.41) is 40.8. The van der Waals surface area contributed by atoms with Gasteiger partial charge >= 0.3 is 11.9 Å². The summed E-state index contributed by atoms with van der Waals surface area (Å²) >= 11 is 0. The molecule has 0 unspecified atom stereocenters. The van der Waals surface area contributed by atoms with Crippen LogP contribution in [0.5, 0.6) is 0 Å². The van der Waals surface area contributed by atoms with Crippen LogP contribution in [0.2, 0.25) is 0 Å². The number of amides is 1. The quantitative estimate of drug-likeness (QED) is 0.114. The number of esters is 2. The molecule has 42 heavy (non-hydrogen) atoms. The Balaban J connectivity index is 2.47. The lowest BCUT2D eigenvalue weighted by atomic mass is 10.1. The minimum atomic E-state index is -0.735. The number of non-ortho nitro benzene ring substituents is 1. The molecule has 0 aromatic heterocycles. The first-order valence-corrected chi connectivity index (χ1v) is 12.2. The first-order chi connectivity index (χ1) is 19.9. The van der Waals surface area contributed by atoms with E-state index in [-0.39, 0.29) is 65.6 Å². The zero-order valence-electron chi connectivity index (χ0n) is 23.2. The van der Waals surface area contributed by atoms with Crippen molar-refractivity contribution in [2.45, 2.75) is 20.8 Å². The van der Waals surface area contributed by atoms with Crippen molar-refractivity contribution in [3.63, 3.8) is 0 Å². The van der Waals surface area contributed by atoms with Gasteiger partial charge in [0.15, 0.2) is 0 Å². The number of nitrogens with one attached hydrogen (secondary N) is 1. The third-order valence-corrected chi connectivity index (χ3v) is 5.35. The van der Waals surface area contributed by atoms with Crippen molar-refractivity contribution < 1.29 is 28.8 Å². The molecule has 1 amide bonds. The number of azo groups is 1. The van der Waals surface area contributed by atoms with E-state index in [1.165, 1.54) is 26.8 Å². The highest BCUT2D eigenvalue weighted by atomic mass is 16.6. The van der Waals surface area contributed by atoms with Gasteiger partial charge in [-0.2, -0.15) is 10.5 Å². The van der Waals surface area contributed by atoms with E-state index < -0.39 is 28.5 Å². The van der Waals surface area contributed by atoms with Crippen LogP contribution in [0.4, 0.5) is 28.4 Å². The van der Waals surface area contributed by atoms with Crippen molar-refractivity contribution in [1.82, 2.24) is 0 Å². The smallest absolute Gasteiger partial charge is 0.333 e. The van der Waals surface area contributed by atoms with Crippen LogP contribution in [0.1, 0.15) is 31.9 Å². The fourth-order valence-corrected chi connectivity index (χ4v) is 3.32. The summed E-state index contributed by atoms with van der Waals surface area (Å²) in [6.07, 6.45) is 0. The molecule has 1 N–H and O–H groups in total. The predicted molar refractivity (Wildman–Crippen MR) is 151 cm³/mol. The number of nitro benzene ring substituents is 1. The Kier molecular flexibility index (Phi) is 11.6. The molecule has 0 heterocycles. The van der Waals surface area contributed by atoms with Crippen molar-refractivity contribution in [2.75, 3.05) is 36.5 Å². The summed E-state index contributed by atoms with van der Waals surface area (Å²) in [4.78, 5) is 47.8. The van der Waals surface area contributed by atoms with Crippen LogP contribution in [-0.2, 0) is 23.9 Å². The molecule has 0 radical (unpaired) electrons. The van der Waals surface area contributed by atoms with Crippen molar-refractivity contribution in [1.29, 1.82) is 10.5 Å². The first-order valence-electron chi connectivity index (χ1n) is 12.2. The Morgan fingerprint density at radius 1 is 0.952 bits per heavy atom. The molecule has 14 heteroatoms. The van der Waals surface area contributed by atoms with Gasteiger partial charge in [-0.25, -0.2) is 9.59 Å². The fraction of sp³-hybridized carbons (Fsp3) is 0.250. The second-order valence-electron chi connectivity index (χ2n) is 8.77. The lowest BCUT2D eigenvalue weighted by Crippen LogP contribution is -2.32. The molecule has 0 bridgehead atoms. The molecule has 2 aromatic rings. The number of anilines is 2. The van der Waals surface area contributed by atoms with Crippen molar-refractivity contribution in [3.8, 4) is 12.1 Å². The van der Waals surface area contributed by atoms with Crippen LogP contribution in [0.25, 0.3) is 0 Å². The van der Waals surface area contributed by atoms with Gasteiger partial charge < -0.3 is 19.7 Å². The largest absolute Gasteiger partial charge is 0.460 e. The summed E-state index contributed by atoms with van der Waals surface area (Å²) in [7, 11) is 0. The second kappa shape index (κ2) is 15.0. The molecular weight excluding hydrogens is 546 g/mol. The Morgan fingerprint density at radius 2 is 1.48 bits per heavy atom. The summed E-state index contributed by atoms with van der Waals surface area (Å²) < 4.78 is 10.4.